The average molecular weight is 377 g/mol. The van der Waals surface area contributed by atoms with Crippen LogP contribution in [-0.2, 0) is 16.1 Å². The molecule has 0 spiro atoms. The van der Waals surface area contributed by atoms with Gasteiger partial charge in [-0.3, -0.25) is 14.5 Å². The number of nitrogens with zero attached hydrogens (tertiary/aromatic N) is 2. The molecule has 2 aromatic carbocycles. The Morgan fingerprint density at radius 3 is 2.29 bits per heavy atom. The van der Waals surface area contributed by atoms with Crippen molar-refractivity contribution in [2.45, 2.75) is 31.8 Å². The van der Waals surface area contributed by atoms with Crippen LogP contribution in [-0.4, -0.2) is 42.4 Å². The standard InChI is InChI=1S/C23H27N3O2/c27-22-15-19(17-26(22)21-9-5-2-6-10-21)23(28)24-20-11-13-25(14-12-20)16-18-7-3-1-4-8-18/h1-10,19-20H,11-17H2,(H,24,28). The molecule has 2 aliphatic heterocycles. The Kier molecular flexibility index (Phi) is 5.72. The Morgan fingerprint density at radius 2 is 1.61 bits per heavy atom. The van der Waals surface area contributed by atoms with Crippen LogP contribution in [0.25, 0.3) is 0 Å². The molecule has 28 heavy (non-hydrogen) atoms. The second-order valence-corrected chi connectivity index (χ2v) is 7.79. The normalized spacial score (nSPS) is 21.1. The zero-order valence-corrected chi connectivity index (χ0v) is 16.1. The van der Waals surface area contributed by atoms with E-state index in [1.807, 2.05) is 36.4 Å². The third kappa shape index (κ3) is 4.42. The molecule has 0 aliphatic carbocycles. The number of nitrogens with one attached hydrogen (secondary N) is 1. The molecular formula is C23H27N3O2. The summed E-state index contributed by atoms with van der Waals surface area (Å²) in [4.78, 5) is 29.2. The van der Waals surface area contributed by atoms with E-state index in [-0.39, 0.29) is 23.8 Å². The first-order valence-electron chi connectivity index (χ1n) is 10.1. The highest BCUT2D eigenvalue weighted by Crippen LogP contribution is 2.25. The van der Waals surface area contributed by atoms with Crippen molar-refractivity contribution in [3.8, 4) is 0 Å². The van der Waals surface area contributed by atoms with Crippen molar-refractivity contribution in [2.24, 2.45) is 5.92 Å². The van der Waals surface area contributed by atoms with Crippen LogP contribution in [0, 0.1) is 5.92 Å². The van der Waals surface area contributed by atoms with Crippen molar-refractivity contribution in [2.75, 3.05) is 24.5 Å². The third-order valence-corrected chi connectivity index (χ3v) is 5.75. The number of likely N-dealkylation sites (tertiary alicyclic amines) is 1. The number of amides is 2. The van der Waals surface area contributed by atoms with E-state index in [1.165, 1.54) is 5.56 Å². The summed E-state index contributed by atoms with van der Waals surface area (Å²) in [5.41, 5.74) is 2.20. The minimum Gasteiger partial charge on any atom is -0.353 e. The monoisotopic (exact) mass is 377 g/mol. The van der Waals surface area contributed by atoms with E-state index in [0.29, 0.717) is 13.0 Å². The summed E-state index contributed by atoms with van der Waals surface area (Å²) in [7, 11) is 0. The summed E-state index contributed by atoms with van der Waals surface area (Å²) in [6, 6.07) is 20.3. The lowest BCUT2D eigenvalue weighted by molar-refractivity contribution is -0.127. The first-order chi connectivity index (χ1) is 13.7. The molecule has 5 heteroatoms. The van der Waals surface area contributed by atoms with Crippen LogP contribution < -0.4 is 10.2 Å². The highest BCUT2D eigenvalue weighted by atomic mass is 16.2. The second kappa shape index (κ2) is 8.57. The smallest absolute Gasteiger partial charge is 0.227 e. The number of hydrogen-bond acceptors (Lipinski definition) is 3. The molecule has 2 saturated heterocycles. The number of carbonyl (C=O) groups excluding carboxylic acids is 2. The summed E-state index contributed by atoms with van der Waals surface area (Å²) in [6.45, 7) is 3.41. The Hall–Kier alpha value is -2.66. The first kappa shape index (κ1) is 18.7. The number of anilines is 1. The van der Waals surface area contributed by atoms with Gasteiger partial charge in [0.2, 0.25) is 11.8 Å². The fourth-order valence-corrected chi connectivity index (χ4v) is 4.14. The molecule has 2 amide bonds. The van der Waals surface area contributed by atoms with Crippen molar-refractivity contribution in [3.63, 3.8) is 0 Å². The average Bonchev–Trinajstić information content (AvgIpc) is 3.13. The fraction of sp³-hybridized carbons (Fsp3) is 0.391. The Labute approximate surface area is 166 Å². The summed E-state index contributed by atoms with van der Waals surface area (Å²) in [5.74, 6) is -0.202. The molecule has 1 N–H and O–H groups in total. The highest BCUT2D eigenvalue weighted by Gasteiger charge is 2.36. The summed E-state index contributed by atoms with van der Waals surface area (Å²) in [6.07, 6.45) is 2.22. The lowest BCUT2D eigenvalue weighted by atomic mass is 10.0. The molecule has 5 nitrogen and oxygen atoms in total. The van der Waals surface area contributed by atoms with Gasteiger partial charge in [-0.2, -0.15) is 0 Å². The van der Waals surface area contributed by atoms with E-state index in [1.54, 1.807) is 4.90 Å². The number of carbonyl (C=O) groups is 2. The highest BCUT2D eigenvalue weighted by molar-refractivity contribution is 6.00. The van der Waals surface area contributed by atoms with Crippen LogP contribution in [0.5, 0.6) is 0 Å². The van der Waals surface area contributed by atoms with E-state index in [2.05, 4.69) is 34.5 Å². The molecule has 2 fully saturated rings. The van der Waals surface area contributed by atoms with Crippen molar-refractivity contribution in [1.29, 1.82) is 0 Å². The molecule has 0 aromatic heterocycles. The van der Waals surface area contributed by atoms with Gasteiger partial charge in [0.1, 0.15) is 0 Å². The number of benzene rings is 2. The number of para-hydroxylation sites is 1. The van der Waals surface area contributed by atoms with Gasteiger partial charge in [0.25, 0.3) is 0 Å². The van der Waals surface area contributed by atoms with E-state index < -0.39 is 0 Å². The maximum absolute atomic E-state index is 12.7. The molecule has 0 bridgehead atoms. The molecular weight excluding hydrogens is 350 g/mol. The molecule has 2 aromatic rings. The molecule has 2 aliphatic rings. The Balaban J connectivity index is 1.25. The lowest BCUT2D eigenvalue weighted by Crippen LogP contribution is -2.46. The van der Waals surface area contributed by atoms with Crippen LogP contribution in [0.3, 0.4) is 0 Å². The van der Waals surface area contributed by atoms with Gasteiger partial charge in [-0.1, -0.05) is 48.5 Å². The Bertz CT molecular complexity index is 801. The van der Waals surface area contributed by atoms with Gasteiger partial charge in [0.15, 0.2) is 0 Å². The quantitative estimate of drug-likeness (QED) is 0.872. The van der Waals surface area contributed by atoms with E-state index in [4.69, 9.17) is 0 Å². The summed E-state index contributed by atoms with van der Waals surface area (Å²) in [5, 5.41) is 3.19. The largest absolute Gasteiger partial charge is 0.353 e. The maximum Gasteiger partial charge on any atom is 0.227 e. The molecule has 4 rings (SSSR count). The zero-order chi connectivity index (χ0) is 19.3. The number of hydrogen-bond donors (Lipinski definition) is 1. The molecule has 1 atom stereocenters. The predicted octanol–water partition coefficient (Wildman–Crippen LogP) is 2.82. The van der Waals surface area contributed by atoms with Gasteiger partial charge in [-0.25, -0.2) is 0 Å². The van der Waals surface area contributed by atoms with Gasteiger partial charge < -0.3 is 10.2 Å². The molecule has 146 valence electrons. The topological polar surface area (TPSA) is 52.7 Å². The molecule has 1 unspecified atom stereocenters. The number of rotatable bonds is 5. The third-order valence-electron chi connectivity index (χ3n) is 5.75. The molecule has 0 radical (unpaired) electrons. The van der Waals surface area contributed by atoms with Crippen LogP contribution in [0.1, 0.15) is 24.8 Å². The van der Waals surface area contributed by atoms with Crippen molar-refractivity contribution in [1.82, 2.24) is 10.2 Å². The van der Waals surface area contributed by atoms with Gasteiger partial charge in [0.05, 0.1) is 5.92 Å². The minimum atomic E-state index is -0.255. The van der Waals surface area contributed by atoms with Crippen LogP contribution >= 0.6 is 0 Å². The number of piperidine rings is 1. The molecule has 0 saturated carbocycles. The summed E-state index contributed by atoms with van der Waals surface area (Å²) < 4.78 is 0. The van der Waals surface area contributed by atoms with Crippen LogP contribution in [0.2, 0.25) is 0 Å². The SMILES string of the molecule is O=C(NC1CCN(Cc2ccccc2)CC1)C1CC(=O)N(c2ccccc2)C1. The van der Waals surface area contributed by atoms with Crippen LogP contribution in [0.4, 0.5) is 5.69 Å². The van der Waals surface area contributed by atoms with Gasteiger partial charge >= 0.3 is 0 Å². The van der Waals surface area contributed by atoms with E-state index in [9.17, 15) is 9.59 Å². The van der Waals surface area contributed by atoms with Gasteiger partial charge in [0, 0.05) is 44.3 Å². The second-order valence-electron chi connectivity index (χ2n) is 7.79. The predicted molar refractivity (Wildman–Crippen MR) is 110 cm³/mol. The lowest BCUT2D eigenvalue weighted by Gasteiger charge is -2.32. The summed E-state index contributed by atoms with van der Waals surface area (Å²) >= 11 is 0. The van der Waals surface area contributed by atoms with Crippen molar-refractivity contribution in [3.05, 3.63) is 66.2 Å². The van der Waals surface area contributed by atoms with Crippen LogP contribution in [0.15, 0.2) is 60.7 Å². The van der Waals surface area contributed by atoms with E-state index in [0.717, 1.165) is 38.2 Å². The van der Waals surface area contributed by atoms with Crippen molar-refractivity contribution >= 4 is 17.5 Å². The Morgan fingerprint density at radius 1 is 0.964 bits per heavy atom. The zero-order valence-electron chi connectivity index (χ0n) is 16.1. The van der Waals surface area contributed by atoms with Crippen molar-refractivity contribution < 1.29 is 9.59 Å². The van der Waals surface area contributed by atoms with Gasteiger partial charge in [-0.15, -0.1) is 0 Å². The minimum absolute atomic E-state index is 0.0216. The molecule has 2 heterocycles. The maximum atomic E-state index is 12.7. The first-order valence-corrected chi connectivity index (χ1v) is 10.1. The fourth-order valence-electron chi connectivity index (χ4n) is 4.14. The van der Waals surface area contributed by atoms with E-state index >= 15 is 0 Å². The van der Waals surface area contributed by atoms with Gasteiger partial charge in [-0.05, 0) is 30.5 Å².